The summed E-state index contributed by atoms with van der Waals surface area (Å²) in [4.78, 5) is 0. The molecule has 3 nitrogen and oxygen atoms in total. The van der Waals surface area contributed by atoms with Gasteiger partial charge in [0.1, 0.15) is 0 Å². The van der Waals surface area contributed by atoms with Crippen molar-refractivity contribution in [1.82, 2.24) is 0 Å². The van der Waals surface area contributed by atoms with Gasteiger partial charge in [-0.15, -0.1) is 0 Å². The van der Waals surface area contributed by atoms with Gasteiger partial charge in [0, 0.05) is 11.0 Å². The van der Waals surface area contributed by atoms with Gasteiger partial charge in [0.25, 0.3) is 0 Å². The van der Waals surface area contributed by atoms with Gasteiger partial charge in [-0.1, -0.05) is 27.5 Å². The summed E-state index contributed by atoms with van der Waals surface area (Å²) in [7, 11) is -3.00. The van der Waals surface area contributed by atoms with Gasteiger partial charge in [0.05, 0.1) is 21.7 Å². The molecule has 0 heterocycles. The summed E-state index contributed by atoms with van der Waals surface area (Å²) >= 11 is 9.31. The highest BCUT2D eigenvalue weighted by atomic mass is 79.9. The van der Waals surface area contributed by atoms with Gasteiger partial charge in [0.2, 0.25) is 0 Å². The van der Waals surface area contributed by atoms with Gasteiger partial charge in [-0.2, -0.15) is 0 Å². The number of sulfone groups is 1. The minimum Gasteiger partial charge on any atom is -0.383 e. The molecule has 0 spiro atoms. The second kappa shape index (κ2) is 6.07. The lowest BCUT2D eigenvalue weighted by Gasteiger charge is -2.10. The Kier molecular flexibility index (Phi) is 5.28. The van der Waals surface area contributed by atoms with Gasteiger partial charge in [0.15, 0.2) is 9.84 Å². The molecule has 0 aliphatic rings. The van der Waals surface area contributed by atoms with Crippen LogP contribution in [0.3, 0.4) is 0 Å². The number of rotatable bonds is 5. The Morgan fingerprint density at radius 2 is 2.06 bits per heavy atom. The Morgan fingerprint density at radius 3 is 2.59 bits per heavy atom. The van der Waals surface area contributed by atoms with E-state index in [1.54, 1.807) is 19.9 Å². The lowest BCUT2D eigenvalue weighted by Crippen LogP contribution is -2.22. The third-order valence-electron chi connectivity index (χ3n) is 2.35. The number of hydrogen-bond acceptors (Lipinski definition) is 3. The molecule has 0 aliphatic heterocycles. The molecule has 0 aliphatic carbocycles. The quantitative estimate of drug-likeness (QED) is 0.894. The van der Waals surface area contributed by atoms with E-state index in [4.69, 9.17) is 11.6 Å². The Bertz CT molecular complexity index is 488. The van der Waals surface area contributed by atoms with Crippen molar-refractivity contribution < 1.29 is 8.42 Å². The van der Waals surface area contributed by atoms with Gasteiger partial charge in [-0.25, -0.2) is 8.42 Å². The maximum atomic E-state index is 11.6. The molecule has 0 aromatic heterocycles. The fraction of sp³-hybridized carbons (Fsp3) is 0.455. The number of hydrogen-bond donors (Lipinski definition) is 1. The SMILES string of the molecule is CC(C)S(=O)(=O)CCNc1ccc(Br)cc1Cl. The molecule has 1 rings (SSSR count). The van der Waals surface area contributed by atoms with E-state index < -0.39 is 9.84 Å². The highest BCUT2D eigenvalue weighted by Gasteiger charge is 2.15. The predicted octanol–water partition coefficient (Wildman–Crippen LogP) is 3.34. The molecule has 1 aromatic carbocycles. The summed E-state index contributed by atoms with van der Waals surface area (Å²) in [5.41, 5.74) is 0.744. The van der Waals surface area contributed by atoms with Crippen LogP contribution in [0.1, 0.15) is 13.8 Å². The van der Waals surface area contributed by atoms with Crippen LogP contribution in [0.15, 0.2) is 22.7 Å². The Morgan fingerprint density at radius 1 is 1.41 bits per heavy atom. The zero-order valence-corrected chi connectivity index (χ0v) is 12.9. The molecular weight excluding hydrogens is 326 g/mol. The van der Waals surface area contributed by atoms with E-state index in [-0.39, 0.29) is 11.0 Å². The van der Waals surface area contributed by atoms with Crippen LogP contribution in [0.2, 0.25) is 5.02 Å². The molecule has 0 radical (unpaired) electrons. The van der Waals surface area contributed by atoms with Gasteiger partial charge in [-0.3, -0.25) is 0 Å². The Balaban J connectivity index is 2.58. The monoisotopic (exact) mass is 339 g/mol. The largest absolute Gasteiger partial charge is 0.383 e. The van der Waals surface area contributed by atoms with Crippen molar-refractivity contribution in [2.24, 2.45) is 0 Å². The minimum absolute atomic E-state index is 0.108. The molecule has 0 unspecified atom stereocenters. The van der Waals surface area contributed by atoms with E-state index >= 15 is 0 Å². The first-order valence-electron chi connectivity index (χ1n) is 5.23. The molecule has 0 amide bonds. The van der Waals surface area contributed by atoms with Crippen molar-refractivity contribution in [2.45, 2.75) is 19.1 Å². The summed E-state index contributed by atoms with van der Waals surface area (Å²) in [5, 5.41) is 3.25. The van der Waals surface area contributed by atoms with Crippen LogP contribution < -0.4 is 5.32 Å². The number of anilines is 1. The summed E-state index contributed by atoms with van der Waals surface area (Å²) in [6.07, 6.45) is 0. The normalized spacial score (nSPS) is 11.8. The van der Waals surface area contributed by atoms with E-state index in [0.29, 0.717) is 11.6 Å². The van der Waals surface area contributed by atoms with Crippen LogP contribution in [-0.4, -0.2) is 26.0 Å². The molecule has 96 valence electrons. The Labute approximate surface area is 116 Å². The molecule has 6 heteroatoms. The fourth-order valence-electron chi connectivity index (χ4n) is 1.20. The van der Waals surface area contributed by atoms with Crippen molar-refractivity contribution in [2.75, 3.05) is 17.6 Å². The fourth-order valence-corrected chi connectivity index (χ4v) is 2.79. The molecule has 0 atom stereocenters. The first-order valence-corrected chi connectivity index (χ1v) is 8.12. The first-order chi connectivity index (χ1) is 7.83. The van der Waals surface area contributed by atoms with Crippen LogP contribution in [0, 0.1) is 0 Å². The lowest BCUT2D eigenvalue weighted by atomic mass is 10.3. The van der Waals surface area contributed by atoms with Crippen molar-refractivity contribution >= 4 is 43.1 Å². The van der Waals surface area contributed by atoms with Gasteiger partial charge >= 0.3 is 0 Å². The highest BCUT2D eigenvalue weighted by Crippen LogP contribution is 2.25. The molecule has 1 N–H and O–H groups in total. The van der Waals surface area contributed by atoms with Crippen molar-refractivity contribution in [3.05, 3.63) is 27.7 Å². The highest BCUT2D eigenvalue weighted by molar-refractivity contribution is 9.10. The molecule has 17 heavy (non-hydrogen) atoms. The summed E-state index contributed by atoms with van der Waals surface area (Å²) in [6, 6.07) is 5.43. The summed E-state index contributed by atoms with van der Waals surface area (Å²) < 4.78 is 24.0. The van der Waals surface area contributed by atoms with Gasteiger partial charge in [-0.05, 0) is 32.0 Å². The second-order valence-corrected chi connectivity index (χ2v) is 7.97. The van der Waals surface area contributed by atoms with E-state index in [9.17, 15) is 8.42 Å². The van der Waals surface area contributed by atoms with E-state index in [1.165, 1.54) is 0 Å². The lowest BCUT2D eigenvalue weighted by molar-refractivity contribution is 0.588. The topological polar surface area (TPSA) is 46.2 Å². The average molecular weight is 341 g/mol. The molecule has 0 fully saturated rings. The van der Waals surface area contributed by atoms with E-state index in [1.807, 2.05) is 12.1 Å². The Hall–Kier alpha value is -0.260. The van der Waals surface area contributed by atoms with Crippen molar-refractivity contribution in [1.29, 1.82) is 0 Å². The number of nitrogens with one attached hydrogen (secondary N) is 1. The van der Waals surface area contributed by atoms with Crippen LogP contribution in [0.5, 0.6) is 0 Å². The third kappa shape index (κ3) is 4.48. The van der Waals surface area contributed by atoms with Crippen LogP contribution >= 0.6 is 27.5 Å². The molecule has 0 bridgehead atoms. The van der Waals surface area contributed by atoms with Crippen LogP contribution in [-0.2, 0) is 9.84 Å². The molecule has 0 saturated heterocycles. The van der Waals surface area contributed by atoms with Crippen molar-refractivity contribution in [3.8, 4) is 0 Å². The smallest absolute Gasteiger partial charge is 0.154 e. The third-order valence-corrected chi connectivity index (χ3v) is 5.37. The first kappa shape index (κ1) is 14.8. The summed E-state index contributed by atoms with van der Waals surface area (Å²) in [6.45, 7) is 3.73. The van der Waals surface area contributed by atoms with E-state index in [2.05, 4.69) is 21.2 Å². The minimum atomic E-state index is -3.00. The standard InChI is InChI=1S/C11H15BrClNO2S/c1-8(2)17(15,16)6-5-14-11-4-3-9(12)7-10(11)13/h3-4,7-8,14H,5-6H2,1-2H3. The molecule has 1 aromatic rings. The number of halogens is 2. The van der Waals surface area contributed by atoms with E-state index in [0.717, 1.165) is 10.2 Å². The number of benzene rings is 1. The van der Waals surface area contributed by atoms with Crippen LogP contribution in [0.25, 0.3) is 0 Å². The maximum Gasteiger partial charge on any atom is 0.154 e. The second-order valence-electron chi connectivity index (χ2n) is 3.97. The average Bonchev–Trinajstić information content (AvgIpc) is 2.21. The zero-order chi connectivity index (χ0) is 13.1. The molecule has 0 saturated carbocycles. The molecular formula is C11H15BrClNO2S. The maximum absolute atomic E-state index is 11.6. The van der Waals surface area contributed by atoms with Gasteiger partial charge < -0.3 is 5.32 Å². The zero-order valence-electron chi connectivity index (χ0n) is 9.70. The van der Waals surface area contributed by atoms with Crippen LogP contribution in [0.4, 0.5) is 5.69 Å². The predicted molar refractivity (Wildman–Crippen MR) is 76.6 cm³/mol. The van der Waals surface area contributed by atoms with Crippen molar-refractivity contribution in [3.63, 3.8) is 0 Å². The summed E-state index contributed by atoms with van der Waals surface area (Å²) in [5.74, 6) is 0.108.